The molecule has 1 unspecified atom stereocenters. The summed E-state index contributed by atoms with van der Waals surface area (Å²) in [5.41, 5.74) is 0. The number of nitrogens with one attached hydrogen (secondary N) is 1. The fourth-order valence-corrected chi connectivity index (χ4v) is 3.59. The van der Waals surface area contributed by atoms with E-state index in [1.54, 1.807) is 22.7 Å². The molecule has 2 atom stereocenters. The third-order valence-corrected chi connectivity index (χ3v) is 5.55. The molecule has 5 heteroatoms. The van der Waals surface area contributed by atoms with Gasteiger partial charge in [-0.1, -0.05) is 13.8 Å². The highest BCUT2D eigenvalue weighted by atomic mass is 32.1. The average Bonchev–Trinajstić information content (AvgIpc) is 2.96. The van der Waals surface area contributed by atoms with E-state index in [1.165, 1.54) is 14.8 Å². The topological polar surface area (TPSA) is 37.8 Å². The first-order valence-electron chi connectivity index (χ1n) is 6.61. The molecule has 19 heavy (non-hydrogen) atoms. The van der Waals surface area contributed by atoms with Crippen molar-refractivity contribution in [2.24, 2.45) is 0 Å². The molecule has 2 heterocycles. The summed E-state index contributed by atoms with van der Waals surface area (Å²) >= 11 is 3.56. The summed E-state index contributed by atoms with van der Waals surface area (Å²) in [5.74, 6) is 0.505. The molecule has 0 radical (unpaired) electrons. The minimum Gasteiger partial charge on any atom is -0.301 e. The van der Waals surface area contributed by atoms with Gasteiger partial charge in [0.1, 0.15) is 5.01 Å². The van der Waals surface area contributed by atoms with Gasteiger partial charge in [-0.15, -0.1) is 22.7 Å². The summed E-state index contributed by atoms with van der Waals surface area (Å²) in [7, 11) is 0. The zero-order chi connectivity index (χ0) is 14.0. The monoisotopic (exact) mass is 295 g/mol. The fraction of sp³-hybridized carbons (Fsp3) is 0.571. The van der Waals surface area contributed by atoms with Gasteiger partial charge in [-0.25, -0.2) is 9.97 Å². The third kappa shape index (κ3) is 3.61. The molecule has 1 N–H and O–H groups in total. The van der Waals surface area contributed by atoms with Crippen molar-refractivity contribution in [1.29, 1.82) is 0 Å². The first-order valence-corrected chi connectivity index (χ1v) is 8.24. The van der Waals surface area contributed by atoms with E-state index in [2.05, 4.69) is 49.9 Å². The molecule has 0 fully saturated rings. The van der Waals surface area contributed by atoms with E-state index in [1.807, 2.05) is 12.4 Å². The molecule has 104 valence electrons. The molecule has 0 aromatic carbocycles. The molecule has 0 saturated carbocycles. The van der Waals surface area contributed by atoms with Crippen molar-refractivity contribution in [3.8, 4) is 0 Å². The molecule has 0 bridgehead atoms. The Morgan fingerprint density at radius 1 is 0.947 bits per heavy atom. The Morgan fingerprint density at radius 2 is 1.63 bits per heavy atom. The van der Waals surface area contributed by atoms with E-state index in [4.69, 9.17) is 0 Å². The lowest BCUT2D eigenvalue weighted by Gasteiger charge is -2.16. The van der Waals surface area contributed by atoms with Gasteiger partial charge in [0.25, 0.3) is 0 Å². The van der Waals surface area contributed by atoms with Crippen molar-refractivity contribution in [2.45, 2.75) is 52.6 Å². The Morgan fingerprint density at radius 3 is 2.16 bits per heavy atom. The second kappa shape index (κ2) is 6.11. The fourth-order valence-electron chi connectivity index (χ4n) is 1.87. The van der Waals surface area contributed by atoms with Crippen LogP contribution >= 0.6 is 22.7 Å². The maximum absolute atomic E-state index is 4.49. The number of aryl methyl sites for hydroxylation is 1. The van der Waals surface area contributed by atoms with E-state index in [0.29, 0.717) is 12.0 Å². The van der Waals surface area contributed by atoms with Crippen LogP contribution in [-0.2, 0) is 0 Å². The van der Waals surface area contributed by atoms with E-state index in [-0.39, 0.29) is 6.04 Å². The Hall–Kier alpha value is -0.780. The quantitative estimate of drug-likeness (QED) is 0.886. The zero-order valence-corrected chi connectivity index (χ0v) is 13.7. The number of nitrogens with zero attached hydrogens (tertiary/aromatic N) is 2. The van der Waals surface area contributed by atoms with Crippen molar-refractivity contribution < 1.29 is 0 Å². The van der Waals surface area contributed by atoms with Crippen LogP contribution in [0.15, 0.2) is 12.4 Å². The molecule has 0 aliphatic heterocycles. The molecule has 2 aromatic rings. The summed E-state index contributed by atoms with van der Waals surface area (Å²) in [6.45, 7) is 10.8. The predicted octanol–water partition coefficient (Wildman–Crippen LogP) is 4.44. The molecule has 0 amide bonds. The van der Waals surface area contributed by atoms with Crippen LogP contribution in [0.1, 0.15) is 65.5 Å². The molecule has 0 aliphatic carbocycles. The summed E-state index contributed by atoms with van der Waals surface area (Å²) in [4.78, 5) is 11.5. The summed E-state index contributed by atoms with van der Waals surface area (Å²) in [6, 6.07) is 0.586. The number of hydrogen-bond acceptors (Lipinski definition) is 5. The molecule has 2 aromatic heterocycles. The zero-order valence-electron chi connectivity index (χ0n) is 12.1. The molecule has 2 rings (SSSR count). The van der Waals surface area contributed by atoms with E-state index in [9.17, 15) is 0 Å². The van der Waals surface area contributed by atoms with Crippen molar-refractivity contribution in [1.82, 2.24) is 15.3 Å². The highest BCUT2D eigenvalue weighted by molar-refractivity contribution is 7.12. The Balaban J connectivity index is 2.01. The van der Waals surface area contributed by atoms with Gasteiger partial charge in [0.2, 0.25) is 0 Å². The number of hydrogen-bond donors (Lipinski definition) is 1. The Labute approximate surface area is 123 Å². The molecule has 0 saturated heterocycles. The van der Waals surface area contributed by atoms with Crippen molar-refractivity contribution in [3.63, 3.8) is 0 Å². The highest BCUT2D eigenvalue weighted by Crippen LogP contribution is 2.28. The molecule has 0 aliphatic rings. The number of rotatable bonds is 5. The van der Waals surface area contributed by atoms with Gasteiger partial charge in [-0.2, -0.15) is 0 Å². The lowest BCUT2D eigenvalue weighted by Crippen LogP contribution is -2.21. The summed E-state index contributed by atoms with van der Waals surface area (Å²) in [6.07, 6.45) is 3.93. The number of aromatic nitrogens is 2. The van der Waals surface area contributed by atoms with Gasteiger partial charge >= 0.3 is 0 Å². The predicted molar refractivity (Wildman–Crippen MR) is 83.0 cm³/mol. The van der Waals surface area contributed by atoms with Crippen LogP contribution in [0.5, 0.6) is 0 Å². The SMILES string of the molecule is Cc1cnc([C@@H](C)NC(C)c2cnc(C(C)C)s2)s1. The molecular weight excluding hydrogens is 274 g/mol. The van der Waals surface area contributed by atoms with Gasteiger partial charge in [0.15, 0.2) is 0 Å². The minimum absolute atomic E-state index is 0.276. The number of thiazole rings is 2. The van der Waals surface area contributed by atoms with Gasteiger partial charge in [0, 0.05) is 34.1 Å². The maximum Gasteiger partial charge on any atom is 0.109 e. The van der Waals surface area contributed by atoms with Crippen LogP contribution in [0.2, 0.25) is 0 Å². The van der Waals surface area contributed by atoms with Crippen LogP contribution in [0, 0.1) is 6.92 Å². The van der Waals surface area contributed by atoms with Crippen LogP contribution in [-0.4, -0.2) is 9.97 Å². The second-order valence-corrected chi connectivity index (χ2v) is 7.53. The van der Waals surface area contributed by atoms with E-state index >= 15 is 0 Å². The van der Waals surface area contributed by atoms with E-state index < -0.39 is 0 Å². The summed E-state index contributed by atoms with van der Waals surface area (Å²) in [5, 5.41) is 5.96. The first kappa shape index (κ1) is 14.6. The molecule has 3 nitrogen and oxygen atoms in total. The van der Waals surface area contributed by atoms with Gasteiger partial charge in [-0.05, 0) is 20.8 Å². The van der Waals surface area contributed by atoms with Crippen molar-refractivity contribution in [2.75, 3.05) is 0 Å². The van der Waals surface area contributed by atoms with Gasteiger partial charge in [-0.3, -0.25) is 0 Å². The second-order valence-electron chi connectivity index (χ2n) is 5.17. The largest absolute Gasteiger partial charge is 0.301 e. The molecule has 0 spiro atoms. The van der Waals surface area contributed by atoms with E-state index in [0.717, 1.165) is 5.01 Å². The lowest BCUT2D eigenvalue weighted by atomic mass is 10.2. The van der Waals surface area contributed by atoms with Gasteiger partial charge in [0.05, 0.1) is 11.0 Å². The van der Waals surface area contributed by atoms with Crippen LogP contribution in [0.3, 0.4) is 0 Å². The first-order chi connectivity index (χ1) is 8.97. The van der Waals surface area contributed by atoms with Crippen LogP contribution < -0.4 is 5.32 Å². The van der Waals surface area contributed by atoms with Crippen molar-refractivity contribution >= 4 is 22.7 Å². The van der Waals surface area contributed by atoms with Crippen molar-refractivity contribution in [3.05, 3.63) is 32.2 Å². The maximum atomic E-state index is 4.49. The third-order valence-electron chi connectivity index (χ3n) is 2.97. The Kier molecular flexibility index (Phi) is 4.71. The lowest BCUT2D eigenvalue weighted by molar-refractivity contribution is 0.498. The highest BCUT2D eigenvalue weighted by Gasteiger charge is 2.16. The van der Waals surface area contributed by atoms with Gasteiger partial charge < -0.3 is 5.32 Å². The normalized spacial score (nSPS) is 14.8. The van der Waals surface area contributed by atoms with Crippen LogP contribution in [0.25, 0.3) is 0 Å². The molecular formula is C14H21N3S2. The van der Waals surface area contributed by atoms with Crippen LogP contribution in [0.4, 0.5) is 0 Å². The minimum atomic E-state index is 0.276. The standard InChI is InChI=1S/C14H21N3S2/c1-8(2)13-16-7-12(19-13)10(4)17-11(5)14-15-6-9(3)18-14/h6-8,10-11,17H,1-5H3/t10?,11-/m1/s1. The average molecular weight is 295 g/mol. The smallest absolute Gasteiger partial charge is 0.109 e. The Bertz CT molecular complexity index is 530. The summed E-state index contributed by atoms with van der Waals surface area (Å²) < 4.78 is 0.